The number of nitrogens with one attached hydrogen (secondary N) is 1. The third kappa shape index (κ3) is 3.91. The number of nitrogens with zero attached hydrogens (tertiary/aromatic N) is 1. The fourth-order valence-corrected chi connectivity index (χ4v) is 3.55. The second-order valence-electron chi connectivity index (χ2n) is 4.78. The predicted molar refractivity (Wildman–Crippen MR) is 68.9 cm³/mol. The van der Waals surface area contributed by atoms with Crippen LogP contribution in [0, 0.1) is 5.92 Å². The summed E-state index contributed by atoms with van der Waals surface area (Å²) in [7, 11) is 0. The molecule has 0 unspecified atom stereocenters. The quantitative estimate of drug-likeness (QED) is 0.797. The van der Waals surface area contributed by atoms with Crippen LogP contribution in [0.5, 0.6) is 0 Å². The fourth-order valence-electron chi connectivity index (χ4n) is 2.35. The summed E-state index contributed by atoms with van der Waals surface area (Å²) < 4.78 is 0. The Morgan fingerprint density at radius 1 is 1.41 bits per heavy atom. The van der Waals surface area contributed by atoms with Gasteiger partial charge in [0.2, 0.25) is 11.8 Å². The van der Waals surface area contributed by atoms with E-state index >= 15 is 0 Å². The molecule has 2 aliphatic rings. The van der Waals surface area contributed by atoms with Crippen molar-refractivity contribution in [2.45, 2.75) is 25.7 Å². The molecule has 17 heavy (non-hydrogen) atoms. The van der Waals surface area contributed by atoms with Crippen LogP contribution in [-0.2, 0) is 9.59 Å². The van der Waals surface area contributed by atoms with Crippen LogP contribution in [-0.4, -0.2) is 47.9 Å². The minimum Gasteiger partial charge on any atom is -0.354 e. The smallest absolute Gasteiger partial charge is 0.239 e. The van der Waals surface area contributed by atoms with Gasteiger partial charge in [0, 0.05) is 19.5 Å². The van der Waals surface area contributed by atoms with Gasteiger partial charge in [0.05, 0.1) is 6.54 Å². The summed E-state index contributed by atoms with van der Waals surface area (Å²) in [6, 6.07) is 0. The molecule has 0 spiro atoms. The van der Waals surface area contributed by atoms with Gasteiger partial charge >= 0.3 is 0 Å². The number of hydrogen-bond acceptors (Lipinski definition) is 3. The summed E-state index contributed by atoms with van der Waals surface area (Å²) in [6.07, 6.45) is 3.80. The molecule has 0 aromatic heterocycles. The first-order chi connectivity index (χ1) is 8.25. The highest BCUT2D eigenvalue weighted by molar-refractivity contribution is 7.99. The van der Waals surface area contributed by atoms with Crippen molar-refractivity contribution >= 4 is 23.6 Å². The average molecular weight is 256 g/mol. The summed E-state index contributed by atoms with van der Waals surface area (Å²) >= 11 is 1.98. The maximum atomic E-state index is 12.1. The Kier molecular flexibility index (Phi) is 4.71. The van der Waals surface area contributed by atoms with Gasteiger partial charge in [0.1, 0.15) is 0 Å². The van der Waals surface area contributed by atoms with Gasteiger partial charge in [0.15, 0.2) is 0 Å². The molecule has 0 atom stereocenters. The second-order valence-corrected chi connectivity index (χ2v) is 6.00. The zero-order valence-electron chi connectivity index (χ0n) is 10.1. The molecule has 1 N–H and O–H groups in total. The average Bonchev–Trinajstić information content (AvgIpc) is 2.55. The lowest BCUT2D eigenvalue weighted by molar-refractivity contribution is -0.136. The van der Waals surface area contributed by atoms with Gasteiger partial charge in [-0.15, -0.1) is 0 Å². The molecule has 96 valence electrons. The third-order valence-electron chi connectivity index (χ3n) is 3.42. The molecule has 2 aliphatic heterocycles. The minimum atomic E-state index is -0.0185. The molecule has 4 nitrogen and oxygen atoms in total. The Labute approximate surface area is 106 Å². The number of amides is 2. The highest BCUT2D eigenvalue weighted by atomic mass is 32.2. The standard InChI is InChI=1S/C12H20N2O2S/c15-11-9-14(5-1-4-13-11)12(16)8-10-2-6-17-7-3-10/h10H,1-9H2,(H,13,15). The van der Waals surface area contributed by atoms with Crippen LogP contribution in [0.15, 0.2) is 0 Å². The van der Waals surface area contributed by atoms with Gasteiger partial charge < -0.3 is 10.2 Å². The van der Waals surface area contributed by atoms with E-state index < -0.39 is 0 Å². The van der Waals surface area contributed by atoms with E-state index in [1.165, 1.54) is 11.5 Å². The Bertz CT molecular complexity index is 290. The Hall–Kier alpha value is -0.710. The molecule has 0 aromatic rings. The molecule has 2 heterocycles. The van der Waals surface area contributed by atoms with Crippen molar-refractivity contribution in [2.24, 2.45) is 5.92 Å². The molecule has 0 saturated carbocycles. The summed E-state index contributed by atoms with van der Waals surface area (Å²) in [5, 5.41) is 2.80. The molecule has 0 aliphatic carbocycles. The van der Waals surface area contributed by atoms with Gasteiger partial charge in [0.25, 0.3) is 0 Å². The van der Waals surface area contributed by atoms with Crippen molar-refractivity contribution < 1.29 is 9.59 Å². The third-order valence-corrected chi connectivity index (χ3v) is 4.47. The van der Waals surface area contributed by atoms with E-state index in [-0.39, 0.29) is 18.4 Å². The summed E-state index contributed by atoms with van der Waals surface area (Å²) in [4.78, 5) is 25.2. The molecule has 0 radical (unpaired) electrons. The van der Waals surface area contributed by atoms with E-state index in [2.05, 4.69) is 5.32 Å². The summed E-state index contributed by atoms with van der Waals surface area (Å²) in [6.45, 7) is 1.67. The van der Waals surface area contributed by atoms with E-state index in [1.54, 1.807) is 4.90 Å². The molecule has 2 saturated heterocycles. The number of carbonyl (C=O) groups is 2. The topological polar surface area (TPSA) is 49.4 Å². The number of hydrogen-bond donors (Lipinski definition) is 1. The Morgan fingerprint density at radius 2 is 2.18 bits per heavy atom. The van der Waals surface area contributed by atoms with Crippen molar-refractivity contribution in [3.8, 4) is 0 Å². The summed E-state index contributed by atoms with van der Waals surface area (Å²) in [5.41, 5.74) is 0. The number of carbonyl (C=O) groups excluding carboxylic acids is 2. The highest BCUT2D eigenvalue weighted by Crippen LogP contribution is 2.25. The number of thioether (sulfide) groups is 1. The molecule has 2 rings (SSSR count). The van der Waals surface area contributed by atoms with Crippen LogP contribution in [0.4, 0.5) is 0 Å². The fraction of sp³-hybridized carbons (Fsp3) is 0.833. The molecule has 0 bridgehead atoms. The minimum absolute atomic E-state index is 0.0185. The molecule has 5 heteroatoms. The van der Waals surface area contributed by atoms with Gasteiger partial charge in [-0.1, -0.05) is 0 Å². The van der Waals surface area contributed by atoms with Crippen LogP contribution in [0.3, 0.4) is 0 Å². The van der Waals surface area contributed by atoms with Crippen LogP contribution < -0.4 is 5.32 Å². The van der Waals surface area contributed by atoms with E-state index in [0.29, 0.717) is 18.9 Å². The van der Waals surface area contributed by atoms with Crippen LogP contribution in [0.25, 0.3) is 0 Å². The predicted octanol–water partition coefficient (Wildman–Crippen LogP) is 0.868. The zero-order valence-corrected chi connectivity index (χ0v) is 10.9. The maximum Gasteiger partial charge on any atom is 0.239 e. The van der Waals surface area contributed by atoms with Crippen LogP contribution in [0.2, 0.25) is 0 Å². The second kappa shape index (κ2) is 6.28. The molecule has 2 amide bonds. The molecular formula is C12H20N2O2S. The van der Waals surface area contributed by atoms with E-state index in [9.17, 15) is 9.59 Å². The van der Waals surface area contributed by atoms with Crippen LogP contribution in [0.1, 0.15) is 25.7 Å². The molecule has 2 fully saturated rings. The van der Waals surface area contributed by atoms with E-state index in [0.717, 1.165) is 25.8 Å². The van der Waals surface area contributed by atoms with Gasteiger partial charge in [-0.2, -0.15) is 11.8 Å². The maximum absolute atomic E-state index is 12.1. The van der Waals surface area contributed by atoms with E-state index in [4.69, 9.17) is 0 Å². The number of rotatable bonds is 2. The highest BCUT2D eigenvalue weighted by Gasteiger charge is 2.23. The normalized spacial score (nSPS) is 23.1. The molecule has 0 aromatic carbocycles. The summed E-state index contributed by atoms with van der Waals surface area (Å²) in [5.74, 6) is 3.04. The van der Waals surface area contributed by atoms with Crippen LogP contribution >= 0.6 is 11.8 Å². The largest absolute Gasteiger partial charge is 0.354 e. The van der Waals surface area contributed by atoms with Gasteiger partial charge in [-0.05, 0) is 36.7 Å². The van der Waals surface area contributed by atoms with Crippen molar-refractivity contribution in [1.29, 1.82) is 0 Å². The van der Waals surface area contributed by atoms with Crippen molar-refractivity contribution in [3.05, 3.63) is 0 Å². The van der Waals surface area contributed by atoms with E-state index in [1.807, 2.05) is 11.8 Å². The van der Waals surface area contributed by atoms with Crippen molar-refractivity contribution in [3.63, 3.8) is 0 Å². The van der Waals surface area contributed by atoms with Gasteiger partial charge in [-0.25, -0.2) is 0 Å². The zero-order chi connectivity index (χ0) is 12.1. The Balaban J connectivity index is 1.82. The Morgan fingerprint density at radius 3 is 2.94 bits per heavy atom. The van der Waals surface area contributed by atoms with Crippen molar-refractivity contribution in [2.75, 3.05) is 31.1 Å². The lowest BCUT2D eigenvalue weighted by Gasteiger charge is -2.25. The van der Waals surface area contributed by atoms with Gasteiger partial charge in [-0.3, -0.25) is 9.59 Å². The first-order valence-corrected chi connectivity index (χ1v) is 7.53. The lowest BCUT2D eigenvalue weighted by atomic mass is 9.98. The lowest BCUT2D eigenvalue weighted by Crippen LogP contribution is -2.38. The monoisotopic (exact) mass is 256 g/mol. The SMILES string of the molecule is O=C1CN(C(=O)CC2CCSCC2)CCCN1. The first-order valence-electron chi connectivity index (χ1n) is 6.38. The molecular weight excluding hydrogens is 236 g/mol. The first kappa shape index (κ1) is 12.7. The van der Waals surface area contributed by atoms with Crippen molar-refractivity contribution in [1.82, 2.24) is 10.2 Å².